The highest BCUT2D eigenvalue weighted by Gasteiger charge is 2.16. The van der Waals surface area contributed by atoms with Gasteiger partial charge in [0.2, 0.25) is 0 Å². The lowest BCUT2D eigenvalue weighted by atomic mass is 9.86. The second-order valence-corrected chi connectivity index (χ2v) is 8.44. The number of carbonyl (C=O) groups excluding carboxylic acids is 2. The van der Waals surface area contributed by atoms with Gasteiger partial charge >= 0.3 is 0 Å². The van der Waals surface area contributed by atoms with E-state index in [9.17, 15) is 9.59 Å². The van der Waals surface area contributed by atoms with Crippen molar-refractivity contribution in [3.05, 3.63) is 101 Å². The number of carbonyl (C=O) groups is 2. The van der Waals surface area contributed by atoms with Crippen molar-refractivity contribution in [3.8, 4) is 0 Å². The van der Waals surface area contributed by atoms with Crippen LogP contribution in [0.4, 0.5) is 5.69 Å². The molecule has 0 spiro atoms. The summed E-state index contributed by atoms with van der Waals surface area (Å²) in [6, 6.07) is 22.5. The maximum absolute atomic E-state index is 12.8. The summed E-state index contributed by atoms with van der Waals surface area (Å²) in [4.78, 5) is 25.5. The van der Waals surface area contributed by atoms with E-state index in [1.54, 1.807) is 24.3 Å². The average Bonchev–Trinajstić information content (AvgIpc) is 2.73. The first-order valence-electron chi connectivity index (χ1n) is 10.1. The van der Waals surface area contributed by atoms with Crippen LogP contribution in [0.15, 0.2) is 72.8 Å². The Morgan fingerprint density at radius 2 is 1.43 bits per heavy atom. The van der Waals surface area contributed by atoms with Crippen molar-refractivity contribution >= 4 is 17.5 Å². The molecule has 2 amide bonds. The lowest BCUT2D eigenvalue weighted by molar-refractivity contribution is 0.0951. The highest BCUT2D eigenvalue weighted by Crippen LogP contribution is 2.23. The van der Waals surface area contributed by atoms with E-state index in [-0.39, 0.29) is 17.2 Å². The molecule has 3 aromatic rings. The molecule has 0 aliphatic rings. The summed E-state index contributed by atoms with van der Waals surface area (Å²) in [5, 5.41) is 5.82. The summed E-state index contributed by atoms with van der Waals surface area (Å²) in [7, 11) is 0. The minimum atomic E-state index is -0.241. The Morgan fingerprint density at radius 3 is 2.10 bits per heavy atom. The molecule has 0 fully saturated rings. The summed E-state index contributed by atoms with van der Waals surface area (Å²) < 4.78 is 0. The largest absolute Gasteiger partial charge is 0.348 e. The predicted molar refractivity (Wildman–Crippen MR) is 122 cm³/mol. The fourth-order valence-electron chi connectivity index (χ4n) is 3.19. The van der Waals surface area contributed by atoms with Gasteiger partial charge in [-0.3, -0.25) is 9.59 Å². The highest BCUT2D eigenvalue weighted by molar-refractivity contribution is 6.09. The summed E-state index contributed by atoms with van der Waals surface area (Å²) >= 11 is 0. The molecule has 0 saturated carbocycles. The van der Waals surface area contributed by atoms with Crippen LogP contribution in [-0.2, 0) is 12.0 Å². The second kappa shape index (κ2) is 8.95. The van der Waals surface area contributed by atoms with Crippen molar-refractivity contribution in [1.29, 1.82) is 0 Å². The van der Waals surface area contributed by atoms with Gasteiger partial charge in [0.05, 0.1) is 11.3 Å². The Bertz CT molecular complexity index is 1050. The first kappa shape index (κ1) is 21.3. The first-order valence-corrected chi connectivity index (χ1v) is 10.1. The van der Waals surface area contributed by atoms with E-state index in [1.165, 1.54) is 0 Å². The normalized spacial score (nSPS) is 11.1. The van der Waals surface area contributed by atoms with Crippen molar-refractivity contribution in [2.24, 2.45) is 0 Å². The first-order chi connectivity index (χ1) is 14.3. The van der Waals surface area contributed by atoms with Crippen molar-refractivity contribution in [3.63, 3.8) is 0 Å². The summed E-state index contributed by atoms with van der Waals surface area (Å²) in [5.41, 5.74) is 4.85. The van der Waals surface area contributed by atoms with E-state index in [0.717, 1.165) is 16.7 Å². The molecule has 0 aromatic heterocycles. The molecule has 0 heterocycles. The molecule has 3 rings (SSSR count). The van der Waals surface area contributed by atoms with E-state index in [4.69, 9.17) is 0 Å². The lowest BCUT2D eigenvalue weighted by Crippen LogP contribution is -2.25. The van der Waals surface area contributed by atoms with Gasteiger partial charge in [-0.15, -0.1) is 0 Å². The number of hydrogen-bond donors (Lipinski definition) is 2. The Hall–Kier alpha value is -3.40. The molecule has 0 aliphatic carbocycles. The fourth-order valence-corrected chi connectivity index (χ4v) is 3.19. The molecular formula is C26H28N2O2. The summed E-state index contributed by atoms with van der Waals surface area (Å²) in [6.07, 6.45) is 0. The molecule has 0 bridgehead atoms. The molecule has 2 N–H and O–H groups in total. The molecule has 0 radical (unpaired) electrons. The van der Waals surface area contributed by atoms with E-state index >= 15 is 0 Å². The van der Waals surface area contributed by atoms with Gasteiger partial charge in [-0.2, -0.15) is 0 Å². The standard InChI is InChI=1S/C26H28N2O2/c1-18-9-5-6-10-20(18)17-27-25(30)22-11-7-8-12-23(22)28-24(29)19-13-15-21(16-14-19)26(2,3)4/h5-16H,17H2,1-4H3,(H,27,30)(H,28,29). The Kier molecular flexibility index (Phi) is 6.36. The minimum Gasteiger partial charge on any atom is -0.348 e. The Balaban J connectivity index is 1.72. The Labute approximate surface area is 178 Å². The van der Waals surface area contributed by atoms with Gasteiger partial charge in [-0.1, -0.05) is 69.3 Å². The third kappa shape index (κ3) is 5.15. The smallest absolute Gasteiger partial charge is 0.255 e. The maximum atomic E-state index is 12.8. The van der Waals surface area contributed by atoms with Crippen molar-refractivity contribution < 1.29 is 9.59 Å². The number of amides is 2. The van der Waals surface area contributed by atoms with Crippen LogP contribution >= 0.6 is 0 Å². The van der Waals surface area contributed by atoms with Gasteiger partial charge in [0, 0.05) is 12.1 Å². The van der Waals surface area contributed by atoms with Crippen LogP contribution in [0.1, 0.15) is 58.2 Å². The number of hydrogen-bond acceptors (Lipinski definition) is 2. The third-order valence-electron chi connectivity index (χ3n) is 5.13. The SMILES string of the molecule is Cc1ccccc1CNC(=O)c1ccccc1NC(=O)c1ccc(C(C)(C)C)cc1. The summed E-state index contributed by atoms with van der Waals surface area (Å²) in [6.45, 7) is 8.85. The zero-order chi connectivity index (χ0) is 21.7. The molecular weight excluding hydrogens is 372 g/mol. The number of benzene rings is 3. The zero-order valence-electron chi connectivity index (χ0n) is 18.0. The second-order valence-electron chi connectivity index (χ2n) is 8.44. The third-order valence-corrected chi connectivity index (χ3v) is 5.13. The van der Waals surface area contributed by atoms with Crippen LogP contribution in [0.5, 0.6) is 0 Å². The zero-order valence-corrected chi connectivity index (χ0v) is 18.0. The maximum Gasteiger partial charge on any atom is 0.255 e. The van der Waals surface area contributed by atoms with Gasteiger partial charge in [0.25, 0.3) is 11.8 Å². The molecule has 0 aliphatic heterocycles. The number of anilines is 1. The average molecular weight is 401 g/mol. The van der Waals surface area contributed by atoms with Crippen LogP contribution in [-0.4, -0.2) is 11.8 Å². The van der Waals surface area contributed by atoms with Crippen LogP contribution in [0.3, 0.4) is 0 Å². The quantitative estimate of drug-likeness (QED) is 0.596. The fraction of sp³-hybridized carbons (Fsp3) is 0.231. The summed E-state index contributed by atoms with van der Waals surface area (Å²) in [5.74, 6) is -0.466. The van der Waals surface area contributed by atoms with Gasteiger partial charge < -0.3 is 10.6 Å². The molecule has 30 heavy (non-hydrogen) atoms. The van der Waals surface area contributed by atoms with E-state index in [2.05, 4.69) is 31.4 Å². The molecule has 154 valence electrons. The van der Waals surface area contributed by atoms with Crippen LogP contribution < -0.4 is 10.6 Å². The molecule has 3 aromatic carbocycles. The Morgan fingerprint density at radius 1 is 0.800 bits per heavy atom. The number of nitrogens with one attached hydrogen (secondary N) is 2. The van der Waals surface area contributed by atoms with E-state index < -0.39 is 0 Å². The molecule has 0 atom stereocenters. The van der Waals surface area contributed by atoms with Crippen LogP contribution in [0, 0.1) is 6.92 Å². The van der Waals surface area contributed by atoms with Gasteiger partial charge in [0.1, 0.15) is 0 Å². The van der Waals surface area contributed by atoms with E-state index in [1.807, 2.05) is 55.5 Å². The van der Waals surface area contributed by atoms with Crippen LogP contribution in [0.2, 0.25) is 0 Å². The topological polar surface area (TPSA) is 58.2 Å². The number of rotatable bonds is 5. The number of aryl methyl sites for hydroxylation is 1. The van der Waals surface area contributed by atoms with Gasteiger partial charge in [-0.05, 0) is 53.3 Å². The van der Waals surface area contributed by atoms with Crippen molar-refractivity contribution in [2.75, 3.05) is 5.32 Å². The highest BCUT2D eigenvalue weighted by atomic mass is 16.2. The molecule has 0 unspecified atom stereocenters. The van der Waals surface area contributed by atoms with Gasteiger partial charge in [0.15, 0.2) is 0 Å². The lowest BCUT2D eigenvalue weighted by Gasteiger charge is -2.19. The monoisotopic (exact) mass is 400 g/mol. The van der Waals surface area contributed by atoms with Gasteiger partial charge in [-0.25, -0.2) is 0 Å². The van der Waals surface area contributed by atoms with E-state index in [0.29, 0.717) is 23.4 Å². The number of para-hydroxylation sites is 1. The molecule has 4 nitrogen and oxygen atoms in total. The predicted octanol–water partition coefficient (Wildman–Crippen LogP) is 5.47. The molecule has 4 heteroatoms. The van der Waals surface area contributed by atoms with Crippen LogP contribution in [0.25, 0.3) is 0 Å². The molecule has 0 saturated heterocycles. The minimum absolute atomic E-state index is 0.0246. The van der Waals surface area contributed by atoms with Crippen molar-refractivity contribution in [2.45, 2.75) is 39.7 Å². The van der Waals surface area contributed by atoms with Crippen molar-refractivity contribution in [1.82, 2.24) is 5.32 Å².